The number of hydrogen-bond acceptors (Lipinski definition) is 1. The summed E-state index contributed by atoms with van der Waals surface area (Å²) in [5, 5.41) is 11.3. The fourth-order valence-electron chi connectivity index (χ4n) is 1.81. The zero-order valence-electron chi connectivity index (χ0n) is 10.8. The van der Waals surface area contributed by atoms with Crippen molar-refractivity contribution < 1.29 is 9.84 Å². The Morgan fingerprint density at radius 1 is 0.941 bits per heavy atom. The Labute approximate surface area is 105 Å². The summed E-state index contributed by atoms with van der Waals surface area (Å²) in [5.41, 5.74) is 0. The first-order valence-corrected chi connectivity index (χ1v) is 6.73. The molecule has 1 aromatic rings. The lowest BCUT2D eigenvalue weighted by Gasteiger charge is -2.06. The van der Waals surface area contributed by atoms with Gasteiger partial charge in [0.15, 0.2) is 5.75 Å². The van der Waals surface area contributed by atoms with Crippen LogP contribution in [0.5, 0.6) is 11.5 Å². The van der Waals surface area contributed by atoms with E-state index in [1.165, 1.54) is 38.5 Å². The number of unbranched alkanes of at least 4 members (excludes halogenated alkanes) is 6. The lowest BCUT2D eigenvalue weighted by Crippen LogP contribution is -1.97. The molecule has 0 aliphatic carbocycles. The van der Waals surface area contributed by atoms with E-state index in [0.717, 1.165) is 6.42 Å². The summed E-state index contributed by atoms with van der Waals surface area (Å²) in [4.78, 5) is 0. The molecule has 2 nitrogen and oxygen atoms in total. The van der Waals surface area contributed by atoms with E-state index in [9.17, 15) is 5.11 Å². The fourth-order valence-corrected chi connectivity index (χ4v) is 1.81. The number of hydrogen-bond donors (Lipinski definition) is 0. The van der Waals surface area contributed by atoms with E-state index in [0.29, 0.717) is 12.4 Å². The summed E-state index contributed by atoms with van der Waals surface area (Å²) >= 11 is 0. The Balaban J connectivity index is 1.99. The van der Waals surface area contributed by atoms with Crippen molar-refractivity contribution >= 4 is 0 Å². The first-order valence-electron chi connectivity index (χ1n) is 6.73. The van der Waals surface area contributed by atoms with Crippen LogP contribution in [-0.2, 0) is 5.11 Å². The molecule has 0 amide bonds. The molecule has 0 N–H and O–H groups in total. The van der Waals surface area contributed by atoms with E-state index >= 15 is 0 Å². The molecule has 0 spiro atoms. The van der Waals surface area contributed by atoms with Crippen LogP contribution in [0.2, 0.25) is 0 Å². The average molecular weight is 235 g/mol. The maximum Gasteiger partial charge on any atom is 0.220 e. The molecule has 0 aliphatic heterocycles. The molecule has 0 saturated carbocycles. The van der Waals surface area contributed by atoms with Gasteiger partial charge in [0, 0.05) is 0 Å². The maximum absolute atomic E-state index is 11.3. The highest BCUT2D eigenvalue weighted by Gasteiger charge is 2.01. The van der Waals surface area contributed by atoms with Gasteiger partial charge in [-0.25, -0.2) is 0 Å². The largest absolute Gasteiger partial charge is 0.489 e. The molecule has 0 fully saturated rings. The van der Waals surface area contributed by atoms with Crippen molar-refractivity contribution in [2.75, 3.05) is 6.61 Å². The number of ether oxygens (including phenoxy) is 1. The van der Waals surface area contributed by atoms with Crippen molar-refractivity contribution in [2.24, 2.45) is 0 Å². The lowest BCUT2D eigenvalue weighted by atomic mass is 10.1. The molecule has 0 aromatic heterocycles. The minimum atomic E-state index is -0.0181. The maximum atomic E-state index is 11.3. The molecule has 1 aromatic carbocycles. The van der Waals surface area contributed by atoms with Gasteiger partial charge in [-0.1, -0.05) is 57.6 Å². The van der Waals surface area contributed by atoms with E-state index in [-0.39, 0.29) is 5.75 Å². The van der Waals surface area contributed by atoms with Gasteiger partial charge in [0.05, 0.1) is 6.61 Å². The van der Waals surface area contributed by atoms with Crippen LogP contribution in [0.15, 0.2) is 24.3 Å². The quantitative estimate of drug-likeness (QED) is 0.556. The van der Waals surface area contributed by atoms with Gasteiger partial charge in [0.2, 0.25) is 5.75 Å². The first kappa shape index (κ1) is 13.9. The van der Waals surface area contributed by atoms with Crippen LogP contribution < -0.4 is 4.74 Å². The molecule has 1 radical (unpaired) electrons. The molecule has 0 bridgehead atoms. The van der Waals surface area contributed by atoms with Crippen LogP contribution in [0.25, 0.3) is 0 Å². The molecule has 0 unspecified atom stereocenters. The van der Waals surface area contributed by atoms with Gasteiger partial charge in [0.25, 0.3) is 0 Å². The summed E-state index contributed by atoms with van der Waals surface area (Å²) in [6.45, 7) is 2.89. The van der Waals surface area contributed by atoms with E-state index < -0.39 is 0 Å². The Morgan fingerprint density at radius 3 is 2.29 bits per heavy atom. The third kappa shape index (κ3) is 6.20. The predicted molar refractivity (Wildman–Crippen MR) is 70.1 cm³/mol. The summed E-state index contributed by atoms with van der Waals surface area (Å²) in [7, 11) is 0. The average Bonchev–Trinajstić information content (AvgIpc) is 2.35. The van der Waals surface area contributed by atoms with E-state index in [1.807, 2.05) is 6.07 Å². The van der Waals surface area contributed by atoms with Crippen LogP contribution in [-0.4, -0.2) is 6.61 Å². The van der Waals surface area contributed by atoms with Crippen LogP contribution in [0.4, 0.5) is 0 Å². The first-order chi connectivity index (χ1) is 8.34. The Bertz CT molecular complexity index is 297. The topological polar surface area (TPSA) is 29.1 Å². The summed E-state index contributed by atoms with van der Waals surface area (Å²) in [6.07, 6.45) is 8.84. The summed E-state index contributed by atoms with van der Waals surface area (Å²) in [5.74, 6) is 0.467. The van der Waals surface area contributed by atoms with Gasteiger partial charge >= 0.3 is 0 Å². The lowest BCUT2D eigenvalue weighted by molar-refractivity contribution is 0.269. The van der Waals surface area contributed by atoms with Crippen LogP contribution >= 0.6 is 0 Å². The second kappa shape index (κ2) is 8.91. The Kier molecular flexibility index (Phi) is 7.28. The number of para-hydroxylation sites is 2. The Hall–Kier alpha value is -1.18. The van der Waals surface area contributed by atoms with Crippen LogP contribution in [0.1, 0.15) is 51.9 Å². The SMILES string of the molecule is CCCCCCCCCOc1ccccc1[O]. The molecular formula is C15H23O2. The smallest absolute Gasteiger partial charge is 0.220 e. The predicted octanol–water partition coefficient (Wildman–Crippen LogP) is 4.96. The zero-order valence-corrected chi connectivity index (χ0v) is 10.8. The van der Waals surface area contributed by atoms with Crippen molar-refractivity contribution in [3.8, 4) is 11.5 Å². The number of rotatable bonds is 9. The van der Waals surface area contributed by atoms with Crippen LogP contribution in [0, 0.1) is 0 Å². The van der Waals surface area contributed by atoms with Crippen molar-refractivity contribution in [1.29, 1.82) is 0 Å². The number of benzene rings is 1. The minimum Gasteiger partial charge on any atom is -0.489 e. The minimum absolute atomic E-state index is 0.0181. The van der Waals surface area contributed by atoms with Crippen molar-refractivity contribution in [3.05, 3.63) is 24.3 Å². The molecule has 0 atom stereocenters. The van der Waals surface area contributed by atoms with Gasteiger partial charge in [-0.05, 0) is 18.6 Å². The fraction of sp³-hybridized carbons (Fsp3) is 0.600. The highest BCUT2D eigenvalue weighted by Crippen LogP contribution is 2.25. The van der Waals surface area contributed by atoms with Crippen molar-refractivity contribution in [1.82, 2.24) is 0 Å². The van der Waals surface area contributed by atoms with Gasteiger partial charge in [-0.15, -0.1) is 0 Å². The van der Waals surface area contributed by atoms with Crippen molar-refractivity contribution in [2.45, 2.75) is 51.9 Å². The Morgan fingerprint density at radius 2 is 1.59 bits per heavy atom. The second-order valence-corrected chi connectivity index (χ2v) is 4.42. The van der Waals surface area contributed by atoms with Crippen LogP contribution in [0.3, 0.4) is 0 Å². The molecular weight excluding hydrogens is 212 g/mol. The molecule has 1 rings (SSSR count). The molecule has 0 heterocycles. The highest BCUT2D eigenvalue weighted by molar-refractivity contribution is 5.37. The third-order valence-corrected chi connectivity index (χ3v) is 2.85. The molecule has 0 saturated heterocycles. The highest BCUT2D eigenvalue weighted by atomic mass is 16.5. The molecule has 0 aliphatic rings. The van der Waals surface area contributed by atoms with Crippen molar-refractivity contribution in [3.63, 3.8) is 0 Å². The van der Waals surface area contributed by atoms with E-state index in [2.05, 4.69) is 6.92 Å². The molecule has 2 heteroatoms. The summed E-state index contributed by atoms with van der Waals surface area (Å²) < 4.78 is 5.45. The standard InChI is InChI=1S/C15H23O2/c1-2-3-4-5-6-7-10-13-17-15-12-9-8-11-14(15)16/h8-9,11-12H,2-7,10,13H2,1H3. The summed E-state index contributed by atoms with van der Waals surface area (Å²) in [6, 6.07) is 6.86. The van der Waals surface area contributed by atoms with Gasteiger partial charge in [0.1, 0.15) is 0 Å². The van der Waals surface area contributed by atoms with Gasteiger partial charge in [-0.2, -0.15) is 0 Å². The molecule has 95 valence electrons. The third-order valence-electron chi connectivity index (χ3n) is 2.85. The molecule has 17 heavy (non-hydrogen) atoms. The normalized spacial score (nSPS) is 10.4. The second-order valence-electron chi connectivity index (χ2n) is 4.42. The van der Waals surface area contributed by atoms with E-state index in [4.69, 9.17) is 4.74 Å². The van der Waals surface area contributed by atoms with Gasteiger partial charge < -0.3 is 4.74 Å². The van der Waals surface area contributed by atoms with Gasteiger partial charge in [-0.3, -0.25) is 5.11 Å². The zero-order chi connectivity index (χ0) is 12.3. The van der Waals surface area contributed by atoms with E-state index in [1.54, 1.807) is 18.2 Å². The monoisotopic (exact) mass is 235 g/mol.